The Balaban J connectivity index is 2.10. The fourth-order valence-corrected chi connectivity index (χ4v) is 4.04. The van der Waals surface area contributed by atoms with Gasteiger partial charge in [0, 0.05) is 24.5 Å². The maximum absolute atomic E-state index is 12.9. The molecule has 0 amide bonds. The van der Waals surface area contributed by atoms with Gasteiger partial charge in [0.2, 0.25) is 0 Å². The van der Waals surface area contributed by atoms with Crippen LogP contribution in [0.5, 0.6) is 0 Å². The lowest BCUT2D eigenvalue weighted by atomic mass is 9.69. The van der Waals surface area contributed by atoms with Gasteiger partial charge < -0.3 is 10.5 Å². The number of ketones is 1. The summed E-state index contributed by atoms with van der Waals surface area (Å²) in [7, 11) is 0. The topological polar surface area (TPSA) is 52.3 Å². The molecular weight excluding hydrogens is 238 g/mol. The molecule has 0 aromatic carbocycles. The summed E-state index contributed by atoms with van der Waals surface area (Å²) in [6, 6.07) is 0. The lowest BCUT2D eigenvalue weighted by Gasteiger charge is -2.41. The van der Waals surface area contributed by atoms with E-state index in [1.54, 1.807) is 0 Å². The Hall–Kier alpha value is -0.410. The molecule has 3 nitrogen and oxygen atoms in total. The van der Waals surface area contributed by atoms with Crippen molar-refractivity contribution in [1.82, 2.24) is 0 Å². The third kappa shape index (κ3) is 2.73. The lowest BCUT2D eigenvalue weighted by molar-refractivity contribution is -0.145. The number of hydrogen-bond donors (Lipinski definition) is 1. The molecule has 1 saturated heterocycles. The van der Waals surface area contributed by atoms with Crippen molar-refractivity contribution in [3.05, 3.63) is 0 Å². The highest BCUT2D eigenvalue weighted by Crippen LogP contribution is 2.44. The average molecular weight is 267 g/mol. The maximum atomic E-state index is 12.9. The lowest BCUT2D eigenvalue weighted by Crippen LogP contribution is -2.47. The first-order valence-electron chi connectivity index (χ1n) is 8.00. The Morgan fingerprint density at radius 2 is 1.95 bits per heavy atom. The van der Waals surface area contributed by atoms with Gasteiger partial charge in [-0.2, -0.15) is 0 Å². The SMILES string of the molecule is CCC(CC)(CN)C(=O)C1CCOC2(CCCC2)C1. The van der Waals surface area contributed by atoms with Gasteiger partial charge in [0.05, 0.1) is 5.60 Å². The minimum atomic E-state index is -0.290. The van der Waals surface area contributed by atoms with Crippen LogP contribution < -0.4 is 5.73 Å². The van der Waals surface area contributed by atoms with Crippen LogP contribution in [0.2, 0.25) is 0 Å². The van der Waals surface area contributed by atoms with E-state index in [0.717, 1.165) is 45.1 Å². The largest absolute Gasteiger partial charge is 0.375 e. The molecule has 1 aliphatic heterocycles. The van der Waals surface area contributed by atoms with E-state index in [0.29, 0.717) is 12.3 Å². The van der Waals surface area contributed by atoms with Crippen LogP contribution in [-0.4, -0.2) is 24.5 Å². The summed E-state index contributed by atoms with van der Waals surface area (Å²) in [6.07, 6.45) is 8.35. The molecule has 2 fully saturated rings. The van der Waals surface area contributed by atoms with Crippen LogP contribution in [-0.2, 0) is 9.53 Å². The number of Topliss-reactive ketones (excluding diaryl/α,β-unsaturated/α-hetero) is 1. The van der Waals surface area contributed by atoms with Crippen LogP contribution in [0.25, 0.3) is 0 Å². The number of nitrogens with two attached hydrogens (primary N) is 1. The molecule has 1 spiro atoms. The van der Waals surface area contributed by atoms with Gasteiger partial charge in [0.25, 0.3) is 0 Å². The molecule has 19 heavy (non-hydrogen) atoms. The van der Waals surface area contributed by atoms with Gasteiger partial charge in [0.1, 0.15) is 5.78 Å². The molecule has 1 unspecified atom stereocenters. The number of carbonyl (C=O) groups is 1. The van der Waals surface area contributed by atoms with Crippen molar-refractivity contribution in [2.75, 3.05) is 13.2 Å². The van der Waals surface area contributed by atoms with Gasteiger partial charge in [-0.3, -0.25) is 4.79 Å². The summed E-state index contributed by atoms with van der Waals surface area (Å²) in [5.41, 5.74) is 5.67. The summed E-state index contributed by atoms with van der Waals surface area (Å²) >= 11 is 0. The molecule has 2 N–H and O–H groups in total. The molecule has 2 rings (SSSR count). The van der Waals surface area contributed by atoms with E-state index >= 15 is 0 Å². The predicted octanol–water partition coefficient (Wildman–Crippen LogP) is 3.06. The minimum Gasteiger partial charge on any atom is -0.375 e. The molecule has 1 atom stereocenters. The first-order valence-corrected chi connectivity index (χ1v) is 8.00. The molecule has 2 aliphatic rings. The van der Waals surface area contributed by atoms with Crippen molar-refractivity contribution in [1.29, 1.82) is 0 Å². The second kappa shape index (κ2) is 5.92. The van der Waals surface area contributed by atoms with Crippen molar-refractivity contribution in [3.8, 4) is 0 Å². The van der Waals surface area contributed by atoms with Gasteiger partial charge in [-0.1, -0.05) is 26.7 Å². The van der Waals surface area contributed by atoms with E-state index in [-0.39, 0.29) is 16.9 Å². The molecule has 3 heteroatoms. The molecule has 1 heterocycles. The second-order valence-electron chi connectivity index (χ2n) is 6.48. The highest BCUT2D eigenvalue weighted by Gasteiger charge is 2.46. The molecule has 110 valence electrons. The smallest absolute Gasteiger partial charge is 0.143 e. The molecule has 1 saturated carbocycles. The Kier molecular flexibility index (Phi) is 4.67. The van der Waals surface area contributed by atoms with Crippen LogP contribution in [0.15, 0.2) is 0 Å². The van der Waals surface area contributed by atoms with E-state index in [4.69, 9.17) is 10.5 Å². The van der Waals surface area contributed by atoms with E-state index in [1.807, 2.05) is 0 Å². The van der Waals surface area contributed by atoms with Crippen LogP contribution in [0, 0.1) is 11.3 Å². The van der Waals surface area contributed by atoms with E-state index < -0.39 is 0 Å². The number of hydrogen-bond acceptors (Lipinski definition) is 3. The van der Waals surface area contributed by atoms with Crippen molar-refractivity contribution in [2.24, 2.45) is 17.1 Å². The van der Waals surface area contributed by atoms with Crippen molar-refractivity contribution < 1.29 is 9.53 Å². The van der Waals surface area contributed by atoms with Crippen LogP contribution in [0.4, 0.5) is 0 Å². The van der Waals surface area contributed by atoms with E-state index in [9.17, 15) is 4.79 Å². The molecule has 1 aliphatic carbocycles. The van der Waals surface area contributed by atoms with E-state index in [1.165, 1.54) is 12.8 Å². The van der Waals surface area contributed by atoms with Gasteiger partial charge >= 0.3 is 0 Å². The first-order chi connectivity index (χ1) is 9.11. The maximum Gasteiger partial charge on any atom is 0.143 e. The van der Waals surface area contributed by atoms with Gasteiger partial charge in [-0.05, 0) is 38.5 Å². The molecule has 0 radical (unpaired) electrons. The normalized spacial score (nSPS) is 26.8. The zero-order chi connectivity index (χ0) is 13.9. The highest BCUT2D eigenvalue weighted by molar-refractivity contribution is 5.87. The van der Waals surface area contributed by atoms with E-state index in [2.05, 4.69) is 13.8 Å². The summed E-state index contributed by atoms with van der Waals surface area (Å²) in [5, 5.41) is 0. The Bertz CT molecular complexity index is 308. The zero-order valence-electron chi connectivity index (χ0n) is 12.5. The first kappa shape index (κ1) is 15.0. The average Bonchev–Trinajstić information content (AvgIpc) is 2.89. The number of carbonyl (C=O) groups excluding carboxylic acids is 1. The molecule has 0 aromatic heterocycles. The number of ether oxygens (including phenoxy) is 1. The van der Waals surface area contributed by atoms with Gasteiger partial charge in [-0.25, -0.2) is 0 Å². The van der Waals surface area contributed by atoms with Crippen LogP contribution >= 0.6 is 0 Å². The summed E-state index contributed by atoms with van der Waals surface area (Å²) < 4.78 is 6.04. The third-order valence-electron chi connectivity index (χ3n) is 5.65. The number of rotatable bonds is 5. The summed E-state index contributed by atoms with van der Waals surface area (Å²) in [4.78, 5) is 12.9. The van der Waals surface area contributed by atoms with Crippen LogP contribution in [0.3, 0.4) is 0 Å². The fourth-order valence-electron chi connectivity index (χ4n) is 4.04. The quantitative estimate of drug-likeness (QED) is 0.833. The monoisotopic (exact) mass is 267 g/mol. The van der Waals surface area contributed by atoms with Gasteiger partial charge in [0.15, 0.2) is 0 Å². The fraction of sp³-hybridized carbons (Fsp3) is 0.938. The Morgan fingerprint density at radius 3 is 2.47 bits per heavy atom. The zero-order valence-corrected chi connectivity index (χ0v) is 12.5. The standard InChI is InChI=1S/C16H29NO2/c1-3-15(4-2,12-17)14(18)13-7-10-19-16(11-13)8-5-6-9-16/h13H,3-12,17H2,1-2H3. The molecule has 0 aromatic rings. The second-order valence-corrected chi connectivity index (χ2v) is 6.48. The third-order valence-corrected chi connectivity index (χ3v) is 5.65. The van der Waals surface area contributed by atoms with Crippen molar-refractivity contribution in [2.45, 2.75) is 70.8 Å². The minimum absolute atomic E-state index is 0.0282. The Labute approximate surface area is 117 Å². The van der Waals surface area contributed by atoms with Crippen molar-refractivity contribution >= 4 is 5.78 Å². The van der Waals surface area contributed by atoms with Crippen molar-refractivity contribution in [3.63, 3.8) is 0 Å². The van der Waals surface area contributed by atoms with Crippen LogP contribution in [0.1, 0.15) is 65.2 Å². The molecular formula is C16H29NO2. The highest BCUT2D eigenvalue weighted by atomic mass is 16.5. The Morgan fingerprint density at radius 1 is 1.32 bits per heavy atom. The predicted molar refractivity (Wildman–Crippen MR) is 77.0 cm³/mol. The van der Waals surface area contributed by atoms with Gasteiger partial charge in [-0.15, -0.1) is 0 Å². The molecule has 0 bridgehead atoms. The summed E-state index contributed by atoms with van der Waals surface area (Å²) in [5.74, 6) is 0.588. The summed E-state index contributed by atoms with van der Waals surface area (Å²) in [6.45, 7) is 5.44.